The molecule has 1 aliphatic heterocycles. The largest absolute Gasteiger partial charge is 0.347 e. The highest BCUT2D eigenvalue weighted by molar-refractivity contribution is 5.26. The Hall–Kier alpha value is -0.340. The molecular weight excluding hydrogens is 380 g/mol. The lowest BCUT2D eigenvalue weighted by molar-refractivity contribution is -0.185. The van der Waals surface area contributed by atoms with Gasteiger partial charge in [-0.1, -0.05) is 65.5 Å². The second-order valence-electron chi connectivity index (χ2n) is 13.1. The first kappa shape index (κ1) is 22.5. The summed E-state index contributed by atoms with van der Waals surface area (Å²) in [6.45, 7) is 14.2. The number of rotatable bonds is 5. The average molecular weight is 429 g/mol. The van der Waals surface area contributed by atoms with E-state index >= 15 is 0 Å². The van der Waals surface area contributed by atoms with Crippen molar-refractivity contribution in [1.82, 2.24) is 0 Å². The number of fused-ring (bicyclic) bond motifs is 5. The van der Waals surface area contributed by atoms with Gasteiger partial charge in [-0.2, -0.15) is 0 Å². The van der Waals surface area contributed by atoms with Crippen molar-refractivity contribution in [3.63, 3.8) is 0 Å². The Morgan fingerprint density at radius 3 is 2.45 bits per heavy atom. The van der Waals surface area contributed by atoms with Gasteiger partial charge in [0, 0.05) is 12.8 Å². The molecule has 0 aromatic carbocycles. The van der Waals surface area contributed by atoms with Crippen LogP contribution in [0.25, 0.3) is 0 Å². The van der Waals surface area contributed by atoms with Gasteiger partial charge in [0.15, 0.2) is 5.79 Å². The van der Waals surface area contributed by atoms with Crippen LogP contribution >= 0.6 is 0 Å². The molecule has 7 atom stereocenters. The van der Waals surface area contributed by atoms with Crippen molar-refractivity contribution in [2.75, 3.05) is 13.2 Å². The van der Waals surface area contributed by atoms with E-state index in [1.165, 1.54) is 57.8 Å². The SMILES string of the molecule is CC(C)CCC[C@H](C)[C@@H]1CC[C@@H]2[C@H]3CC=C4CC5(CC[C@]4(C)[C@@H]3CC[C@]21C)OCCO5. The van der Waals surface area contributed by atoms with Crippen LogP contribution in [-0.4, -0.2) is 19.0 Å². The predicted octanol–water partition coefficient (Wildman–Crippen LogP) is 7.77. The van der Waals surface area contributed by atoms with Gasteiger partial charge in [0.05, 0.1) is 13.2 Å². The van der Waals surface area contributed by atoms with Gasteiger partial charge < -0.3 is 9.47 Å². The first-order valence-corrected chi connectivity index (χ1v) is 13.7. The van der Waals surface area contributed by atoms with Crippen molar-refractivity contribution in [2.24, 2.45) is 46.3 Å². The van der Waals surface area contributed by atoms with Gasteiger partial charge >= 0.3 is 0 Å². The summed E-state index contributed by atoms with van der Waals surface area (Å²) in [5, 5.41) is 0. The minimum atomic E-state index is -0.273. The van der Waals surface area contributed by atoms with Crippen molar-refractivity contribution >= 4 is 0 Å². The highest BCUT2D eigenvalue weighted by Gasteiger charge is 2.60. The smallest absolute Gasteiger partial charge is 0.172 e. The molecular formula is C29H48O2. The maximum Gasteiger partial charge on any atom is 0.172 e. The molecule has 3 saturated carbocycles. The van der Waals surface area contributed by atoms with E-state index in [0.717, 1.165) is 61.6 Å². The van der Waals surface area contributed by atoms with E-state index in [0.29, 0.717) is 10.8 Å². The normalized spacial score (nSPS) is 44.6. The number of allylic oxidation sites excluding steroid dienone is 1. The summed E-state index contributed by atoms with van der Waals surface area (Å²) in [6, 6.07) is 0. The molecule has 4 aliphatic carbocycles. The molecule has 0 unspecified atom stereocenters. The van der Waals surface area contributed by atoms with Crippen LogP contribution in [0.1, 0.15) is 105 Å². The maximum atomic E-state index is 6.12. The van der Waals surface area contributed by atoms with Gasteiger partial charge in [-0.3, -0.25) is 0 Å². The predicted molar refractivity (Wildman–Crippen MR) is 128 cm³/mol. The Bertz CT molecular complexity index is 689. The van der Waals surface area contributed by atoms with E-state index in [-0.39, 0.29) is 5.79 Å². The van der Waals surface area contributed by atoms with Crippen molar-refractivity contribution in [3.8, 4) is 0 Å². The van der Waals surface area contributed by atoms with Crippen molar-refractivity contribution in [3.05, 3.63) is 11.6 Å². The monoisotopic (exact) mass is 428 g/mol. The summed E-state index contributed by atoms with van der Waals surface area (Å²) in [4.78, 5) is 0. The molecule has 176 valence electrons. The Morgan fingerprint density at radius 1 is 0.935 bits per heavy atom. The quantitative estimate of drug-likeness (QED) is 0.416. The van der Waals surface area contributed by atoms with Crippen LogP contribution in [0.5, 0.6) is 0 Å². The zero-order chi connectivity index (χ0) is 21.9. The zero-order valence-electron chi connectivity index (χ0n) is 21.1. The second kappa shape index (κ2) is 8.15. The van der Waals surface area contributed by atoms with Gasteiger partial charge in [-0.05, 0) is 84.9 Å². The lowest BCUT2D eigenvalue weighted by Gasteiger charge is -2.59. The molecule has 0 bridgehead atoms. The molecule has 31 heavy (non-hydrogen) atoms. The summed E-state index contributed by atoms with van der Waals surface area (Å²) in [5.74, 6) is 5.20. The van der Waals surface area contributed by atoms with Crippen molar-refractivity contribution < 1.29 is 9.47 Å². The molecule has 0 radical (unpaired) electrons. The van der Waals surface area contributed by atoms with Crippen LogP contribution in [0.3, 0.4) is 0 Å². The number of hydrogen-bond donors (Lipinski definition) is 0. The van der Waals surface area contributed by atoms with Crippen LogP contribution in [0.4, 0.5) is 0 Å². The lowest BCUT2D eigenvalue weighted by atomic mass is 9.46. The molecule has 5 rings (SSSR count). The van der Waals surface area contributed by atoms with Crippen LogP contribution in [-0.2, 0) is 9.47 Å². The second-order valence-corrected chi connectivity index (χ2v) is 13.1. The third kappa shape index (κ3) is 3.67. The molecule has 0 amide bonds. The Kier molecular flexibility index (Phi) is 5.91. The van der Waals surface area contributed by atoms with Gasteiger partial charge in [0.25, 0.3) is 0 Å². The number of ether oxygens (including phenoxy) is 2. The summed E-state index contributed by atoms with van der Waals surface area (Å²) in [6.07, 6.45) is 17.6. The van der Waals surface area contributed by atoms with E-state index in [2.05, 4.69) is 40.7 Å². The third-order valence-electron chi connectivity index (χ3n) is 11.1. The Labute approximate surface area is 191 Å². The standard InChI is InChI=1S/C29H48O2/c1-20(2)7-6-8-21(3)24-11-12-25-23-10-9-22-19-29(30-17-18-31-29)16-15-27(22,4)26(23)13-14-28(24,25)5/h9,20-21,23-26H,6-8,10-19H2,1-5H3/t21-,23+,24-,25+,26+,27-,28-/m0/s1. The minimum absolute atomic E-state index is 0.273. The lowest BCUT2D eigenvalue weighted by Crippen LogP contribution is -2.52. The Balaban J connectivity index is 1.31. The summed E-state index contributed by atoms with van der Waals surface area (Å²) >= 11 is 0. The third-order valence-corrected chi connectivity index (χ3v) is 11.1. The van der Waals surface area contributed by atoms with E-state index in [1.54, 1.807) is 5.57 Å². The van der Waals surface area contributed by atoms with Crippen molar-refractivity contribution in [1.29, 1.82) is 0 Å². The summed E-state index contributed by atoms with van der Waals surface area (Å²) in [7, 11) is 0. The summed E-state index contributed by atoms with van der Waals surface area (Å²) < 4.78 is 12.2. The maximum absolute atomic E-state index is 6.12. The topological polar surface area (TPSA) is 18.5 Å². The van der Waals surface area contributed by atoms with E-state index < -0.39 is 0 Å². The fourth-order valence-corrected chi connectivity index (χ4v) is 9.37. The fourth-order valence-electron chi connectivity index (χ4n) is 9.37. The molecule has 1 spiro atoms. The van der Waals surface area contributed by atoms with E-state index in [1.807, 2.05) is 0 Å². The van der Waals surface area contributed by atoms with Crippen LogP contribution < -0.4 is 0 Å². The van der Waals surface area contributed by atoms with Crippen molar-refractivity contribution in [2.45, 2.75) is 111 Å². The zero-order valence-corrected chi connectivity index (χ0v) is 21.1. The molecule has 1 saturated heterocycles. The highest BCUT2D eigenvalue weighted by atomic mass is 16.7. The van der Waals surface area contributed by atoms with E-state index in [4.69, 9.17) is 9.47 Å². The Morgan fingerprint density at radius 2 is 1.71 bits per heavy atom. The van der Waals surface area contributed by atoms with Gasteiger partial charge in [0.1, 0.15) is 0 Å². The molecule has 0 aromatic rings. The molecule has 4 fully saturated rings. The van der Waals surface area contributed by atoms with Gasteiger partial charge in [-0.25, -0.2) is 0 Å². The minimum Gasteiger partial charge on any atom is -0.347 e. The van der Waals surface area contributed by atoms with E-state index in [9.17, 15) is 0 Å². The first-order chi connectivity index (χ1) is 14.8. The fraction of sp³-hybridized carbons (Fsp3) is 0.931. The molecule has 0 N–H and O–H groups in total. The molecule has 0 aromatic heterocycles. The van der Waals surface area contributed by atoms with Gasteiger partial charge in [-0.15, -0.1) is 0 Å². The molecule has 2 nitrogen and oxygen atoms in total. The molecule has 5 aliphatic rings. The first-order valence-electron chi connectivity index (χ1n) is 13.7. The highest BCUT2D eigenvalue weighted by Crippen LogP contribution is 2.68. The van der Waals surface area contributed by atoms with Crippen LogP contribution in [0.15, 0.2) is 11.6 Å². The average Bonchev–Trinajstić information content (AvgIpc) is 3.32. The number of hydrogen-bond acceptors (Lipinski definition) is 2. The van der Waals surface area contributed by atoms with Crippen LogP contribution in [0.2, 0.25) is 0 Å². The van der Waals surface area contributed by atoms with Crippen LogP contribution in [0, 0.1) is 46.3 Å². The molecule has 1 heterocycles. The van der Waals surface area contributed by atoms with Gasteiger partial charge in [0.2, 0.25) is 0 Å². The summed E-state index contributed by atoms with van der Waals surface area (Å²) in [5.41, 5.74) is 2.67. The molecule has 2 heteroatoms.